The van der Waals surface area contributed by atoms with Crippen LogP contribution in [0.25, 0.3) is 6.08 Å². The number of amides is 1. The van der Waals surface area contributed by atoms with E-state index in [0.29, 0.717) is 37.9 Å². The Morgan fingerprint density at radius 2 is 1.64 bits per heavy atom. The molecule has 1 heterocycles. The molecule has 0 unspecified atom stereocenters. The van der Waals surface area contributed by atoms with Crippen LogP contribution in [0.4, 0.5) is 5.69 Å². The molecule has 1 aliphatic rings. The quantitative estimate of drug-likeness (QED) is 0.517. The largest absolute Gasteiger partial charge is 0.497 e. The van der Waals surface area contributed by atoms with E-state index in [0.717, 1.165) is 5.56 Å². The second-order valence-corrected chi connectivity index (χ2v) is 7.35. The first kappa shape index (κ1) is 20.0. The van der Waals surface area contributed by atoms with Gasteiger partial charge in [0.05, 0.1) is 39.0 Å². The minimum absolute atomic E-state index is 0.197. The van der Waals surface area contributed by atoms with Crippen molar-refractivity contribution in [3.63, 3.8) is 0 Å². The molecule has 2 aromatic rings. The number of nitrogens with zero attached hydrogens (tertiary/aromatic N) is 1. The Morgan fingerprint density at radius 3 is 2.21 bits per heavy atom. The van der Waals surface area contributed by atoms with Crippen molar-refractivity contribution in [1.29, 1.82) is 0 Å². The number of rotatable bonds is 6. The van der Waals surface area contributed by atoms with Gasteiger partial charge in [-0.25, -0.2) is 0 Å². The molecule has 6 nitrogen and oxygen atoms in total. The minimum Gasteiger partial charge on any atom is -0.497 e. The van der Waals surface area contributed by atoms with E-state index in [1.54, 1.807) is 52.7 Å². The van der Waals surface area contributed by atoms with Crippen LogP contribution in [0.5, 0.6) is 23.0 Å². The summed E-state index contributed by atoms with van der Waals surface area (Å²) in [6.07, 6.45) is 1.75. The fraction of sp³-hybridized carbons (Fsp3) is 0.200. The summed E-state index contributed by atoms with van der Waals surface area (Å²) in [7, 11) is 6.21. The second-order valence-electron chi connectivity index (χ2n) is 5.68. The zero-order chi connectivity index (χ0) is 20.3. The summed E-state index contributed by atoms with van der Waals surface area (Å²) < 4.78 is 21.8. The van der Waals surface area contributed by atoms with Crippen molar-refractivity contribution >= 4 is 46.0 Å². The van der Waals surface area contributed by atoms with E-state index < -0.39 is 0 Å². The molecule has 0 saturated carbocycles. The Morgan fingerprint density at radius 1 is 0.964 bits per heavy atom. The summed E-state index contributed by atoms with van der Waals surface area (Å²) in [6, 6.07) is 10.8. The van der Waals surface area contributed by atoms with Gasteiger partial charge in [0, 0.05) is 6.07 Å². The van der Waals surface area contributed by atoms with Crippen LogP contribution >= 0.6 is 24.0 Å². The van der Waals surface area contributed by atoms with Crippen LogP contribution in [-0.2, 0) is 4.79 Å². The number of methoxy groups -OCH3 is 4. The van der Waals surface area contributed by atoms with Gasteiger partial charge >= 0.3 is 0 Å². The van der Waals surface area contributed by atoms with Crippen LogP contribution in [0.1, 0.15) is 5.56 Å². The standard InChI is InChI=1S/C20H19NO5S2/c1-23-14-7-5-6-13(11-14)21-19(22)17(28-20(21)27)10-12-8-15(24-2)18(26-4)16(9-12)25-3/h5-11H,1-4H3/b17-10-. The number of thioether (sulfide) groups is 1. The molecule has 1 aliphatic heterocycles. The molecule has 0 radical (unpaired) electrons. The van der Waals surface area contributed by atoms with Crippen molar-refractivity contribution in [2.45, 2.75) is 0 Å². The lowest BCUT2D eigenvalue weighted by Gasteiger charge is -2.15. The molecular formula is C20H19NO5S2. The van der Waals surface area contributed by atoms with Gasteiger partial charge in [0.15, 0.2) is 15.8 Å². The first-order chi connectivity index (χ1) is 13.5. The van der Waals surface area contributed by atoms with Gasteiger partial charge in [0.2, 0.25) is 5.75 Å². The SMILES string of the molecule is COc1cccc(N2C(=O)/C(=C/c3cc(OC)c(OC)c(OC)c3)SC2=S)c1. The molecule has 0 atom stereocenters. The van der Waals surface area contributed by atoms with Gasteiger partial charge in [-0.1, -0.05) is 30.0 Å². The Bertz CT molecular complexity index is 932. The number of carbonyl (C=O) groups is 1. The summed E-state index contributed by atoms with van der Waals surface area (Å²) in [5.41, 5.74) is 1.40. The summed E-state index contributed by atoms with van der Waals surface area (Å²) in [5, 5.41) is 0. The highest BCUT2D eigenvalue weighted by Gasteiger charge is 2.33. The van der Waals surface area contributed by atoms with E-state index in [2.05, 4.69) is 0 Å². The van der Waals surface area contributed by atoms with Crippen molar-refractivity contribution in [1.82, 2.24) is 0 Å². The van der Waals surface area contributed by atoms with Crippen molar-refractivity contribution in [2.24, 2.45) is 0 Å². The third-order valence-corrected chi connectivity index (χ3v) is 5.39. The van der Waals surface area contributed by atoms with Crippen LogP contribution in [0.2, 0.25) is 0 Å². The molecule has 1 saturated heterocycles. The van der Waals surface area contributed by atoms with E-state index >= 15 is 0 Å². The van der Waals surface area contributed by atoms with Crippen molar-refractivity contribution < 1.29 is 23.7 Å². The maximum absolute atomic E-state index is 13.0. The zero-order valence-corrected chi connectivity index (χ0v) is 17.5. The minimum atomic E-state index is -0.197. The predicted molar refractivity (Wildman–Crippen MR) is 115 cm³/mol. The Kier molecular flexibility index (Phi) is 6.11. The number of thiocarbonyl (C=S) groups is 1. The number of anilines is 1. The summed E-state index contributed by atoms with van der Waals surface area (Å²) in [5.74, 6) is 1.97. The lowest BCUT2D eigenvalue weighted by molar-refractivity contribution is -0.113. The molecule has 0 N–H and O–H groups in total. The van der Waals surface area contributed by atoms with Crippen LogP contribution in [0, 0.1) is 0 Å². The number of carbonyl (C=O) groups excluding carboxylic acids is 1. The Hall–Kier alpha value is -2.71. The first-order valence-electron chi connectivity index (χ1n) is 8.24. The molecule has 2 aromatic carbocycles. The van der Waals surface area contributed by atoms with Crippen LogP contribution in [0.15, 0.2) is 41.3 Å². The molecular weight excluding hydrogens is 398 g/mol. The van der Waals surface area contributed by atoms with Crippen LogP contribution in [0.3, 0.4) is 0 Å². The molecule has 0 aliphatic carbocycles. The number of benzene rings is 2. The van der Waals surface area contributed by atoms with E-state index in [1.807, 2.05) is 18.2 Å². The first-order valence-corrected chi connectivity index (χ1v) is 9.46. The van der Waals surface area contributed by atoms with E-state index in [9.17, 15) is 4.79 Å². The van der Waals surface area contributed by atoms with Gasteiger partial charge in [0.1, 0.15) is 5.75 Å². The molecule has 3 rings (SSSR count). The van der Waals surface area contributed by atoms with Gasteiger partial charge in [-0.15, -0.1) is 0 Å². The van der Waals surface area contributed by atoms with Gasteiger partial charge in [-0.2, -0.15) is 0 Å². The van der Waals surface area contributed by atoms with Crippen LogP contribution in [-0.4, -0.2) is 38.7 Å². The zero-order valence-electron chi connectivity index (χ0n) is 15.8. The van der Waals surface area contributed by atoms with Gasteiger partial charge in [-0.3, -0.25) is 9.69 Å². The average Bonchev–Trinajstić information content (AvgIpc) is 2.99. The molecule has 28 heavy (non-hydrogen) atoms. The molecule has 1 fully saturated rings. The predicted octanol–water partition coefficient (Wildman–Crippen LogP) is 4.13. The fourth-order valence-corrected chi connectivity index (χ4v) is 4.07. The maximum Gasteiger partial charge on any atom is 0.270 e. The summed E-state index contributed by atoms with van der Waals surface area (Å²) >= 11 is 6.66. The van der Waals surface area contributed by atoms with Crippen LogP contribution < -0.4 is 23.8 Å². The van der Waals surface area contributed by atoms with E-state index in [-0.39, 0.29) is 5.91 Å². The highest BCUT2D eigenvalue weighted by molar-refractivity contribution is 8.27. The van der Waals surface area contributed by atoms with E-state index in [4.69, 9.17) is 31.2 Å². The molecule has 146 valence electrons. The number of ether oxygens (including phenoxy) is 4. The molecule has 0 aromatic heterocycles. The van der Waals surface area contributed by atoms with Crippen molar-refractivity contribution in [2.75, 3.05) is 33.3 Å². The highest BCUT2D eigenvalue weighted by atomic mass is 32.2. The summed E-state index contributed by atoms with van der Waals surface area (Å²) in [4.78, 5) is 15.0. The Labute approximate surface area is 173 Å². The smallest absolute Gasteiger partial charge is 0.270 e. The molecule has 0 bridgehead atoms. The molecule has 1 amide bonds. The topological polar surface area (TPSA) is 57.2 Å². The van der Waals surface area contributed by atoms with Crippen molar-refractivity contribution in [3.8, 4) is 23.0 Å². The normalized spacial score (nSPS) is 15.1. The molecule has 8 heteroatoms. The lowest BCUT2D eigenvalue weighted by atomic mass is 10.1. The summed E-state index contributed by atoms with van der Waals surface area (Å²) in [6.45, 7) is 0. The number of hydrogen-bond donors (Lipinski definition) is 0. The van der Waals surface area contributed by atoms with Crippen molar-refractivity contribution in [3.05, 3.63) is 46.9 Å². The third-order valence-electron chi connectivity index (χ3n) is 4.09. The third kappa shape index (κ3) is 3.79. The van der Waals surface area contributed by atoms with E-state index in [1.165, 1.54) is 16.7 Å². The van der Waals surface area contributed by atoms with Gasteiger partial charge in [-0.05, 0) is 35.9 Å². The lowest BCUT2D eigenvalue weighted by Crippen LogP contribution is -2.27. The fourth-order valence-electron chi connectivity index (χ4n) is 2.78. The number of hydrogen-bond acceptors (Lipinski definition) is 7. The average molecular weight is 418 g/mol. The van der Waals surface area contributed by atoms with Gasteiger partial charge in [0.25, 0.3) is 5.91 Å². The second kappa shape index (κ2) is 8.53. The monoisotopic (exact) mass is 417 g/mol. The maximum atomic E-state index is 13.0. The Balaban J connectivity index is 1.98. The van der Waals surface area contributed by atoms with Gasteiger partial charge < -0.3 is 18.9 Å². The highest BCUT2D eigenvalue weighted by Crippen LogP contribution is 2.41. The molecule has 0 spiro atoms.